The molecule has 2 atom stereocenters. The van der Waals surface area contributed by atoms with Crippen molar-refractivity contribution in [3.05, 3.63) is 53.6 Å². The number of morpholine rings is 1. The summed E-state index contributed by atoms with van der Waals surface area (Å²) in [6.45, 7) is 3.29. The summed E-state index contributed by atoms with van der Waals surface area (Å²) >= 11 is 0. The van der Waals surface area contributed by atoms with Crippen LogP contribution in [0.1, 0.15) is 23.5 Å². The number of nitrogens with zero attached hydrogens (tertiary/aromatic N) is 1. The van der Waals surface area contributed by atoms with Crippen LogP contribution in [0.2, 0.25) is 0 Å². The summed E-state index contributed by atoms with van der Waals surface area (Å²) in [5.74, 6) is 2.62. The molecule has 26 heavy (non-hydrogen) atoms. The van der Waals surface area contributed by atoms with Crippen molar-refractivity contribution in [1.82, 2.24) is 4.90 Å². The third-order valence-electron chi connectivity index (χ3n) is 5.24. The van der Waals surface area contributed by atoms with Gasteiger partial charge in [-0.25, -0.2) is 0 Å². The first-order valence-corrected chi connectivity index (χ1v) is 9.09. The first kappa shape index (κ1) is 17.2. The summed E-state index contributed by atoms with van der Waals surface area (Å²) < 4.78 is 23.1. The van der Waals surface area contributed by atoms with E-state index in [0.29, 0.717) is 0 Å². The maximum atomic E-state index is 6.42. The molecule has 1 saturated heterocycles. The van der Waals surface area contributed by atoms with Gasteiger partial charge in [0.2, 0.25) is 0 Å². The van der Waals surface area contributed by atoms with Crippen LogP contribution in [0.25, 0.3) is 0 Å². The lowest BCUT2D eigenvalue weighted by Gasteiger charge is -2.40. The van der Waals surface area contributed by atoms with E-state index in [2.05, 4.69) is 35.2 Å². The van der Waals surface area contributed by atoms with E-state index in [1.165, 1.54) is 5.56 Å². The molecule has 0 aliphatic carbocycles. The Morgan fingerprint density at radius 3 is 2.46 bits per heavy atom. The Morgan fingerprint density at radius 2 is 1.77 bits per heavy atom. The van der Waals surface area contributed by atoms with Crippen molar-refractivity contribution in [3.63, 3.8) is 0 Å². The van der Waals surface area contributed by atoms with Gasteiger partial charge in [0.25, 0.3) is 0 Å². The van der Waals surface area contributed by atoms with Gasteiger partial charge in [0.1, 0.15) is 17.2 Å². The Morgan fingerprint density at radius 1 is 1.00 bits per heavy atom. The topological polar surface area (TPSA) is 40.2 Å². The summed E-state index contributed by atoms with van der Waals surface area (Å²) in [7, 11) is 3.36. The van der Waals surface area contributed by atoms with Crippen LogP contribution in [0, 0.1) is 0 Å². The Balaban J connectivity index is 1.77. The molecule has 2 aromatic carbocycles. The molecule has 2 aromatic rings. The molecule has 138 valence electrons. The van der Waals surface area contributed by atoms with Gasteiger partial charge in [-0.2, -0.15) is 0 Å². The second-order valence-electron chi connectivity index (χ2n) is 6.66. The molecule has 1 fully saturated rings. The fourth-order valence-electron chi connectivity index (χ4n) is 3.90. The number of benzene rings is 2. The average molecular weight is 355 g/mol. The Bertz CT molecular complexity index is 743. The van der Waals surface area contributed by atoms with Crippen molar-refractivity contribution in [2.45, 2.75) is 18.6 Å². The third-order valence-corrected chi connectivity index (χ3v) is 5.24. The van der Waals surface area contributed by atoms with E-state index in [1.54, 1.807) is 14.2 Å². The monoisotopic (exact) mass is 355 g/mol. The lowest BCUT2D eigenvalue weighted by Crippen LogP contribution is -2.48. The number of methoxy groups -OCH3 is 2. The van der Waals surface area contributed by atoms with E-state index in [-0.39, 0.29) is 12.1 Å². The van der Waals surface area contributed by atoms with Crippen LogP contribution in [0.15, 0.2) is 42.5 Å². The second-order valence-corrected chi connectivity index (χ2v) is 6.66. The van der Waals surface area contributed by atoms with E-state index in [0.717, 1.165) is 55.5 Å². The molecule has 2 aliphatic heterocycles. The molecule has 0 spiro atoms. The van der Waals surface area contributed by atoms with Crippen molar-refractivity contribution < 1.29 is 18.9 Å². The van der Waals surface area contributed by atoms with Gasteiger partial charge in [0, 0.05) is 43.1 Å². The molecule has 2 unspecified atom stereocenters. The molecule has 4 rings (SSSR count). The zero-order valence-corrected chi connectivity index (χ0v) is 15.3. The minimum atomic E-state index is 0.0217. The molecular formula is C21H25NO4. The van der Waals surface area contributed by atoms with Gasteiger partial charge in [-0.1, -0.05) is 30.3 Å². The first-order valence-electron chi connectivity index (χ1n) is 9.09. The van der Waals surface area contributed by atoms with Gasteiger partial charge in [0.15, 0.2) is 6.23 Å². The van der Waals surface area contributed by atoms with Crippen LogP contribution in [0.4, 0.5) is 0 Å². The van der Waals surface area contributed by atoms with E-state index in [9.17, 15) is 0 Å². The summed E-state index contributed by atoms with van der Waals surface area (Å²) in [5, 5.41) is 0. The first-order chi connectivity index (χ1) is 12.8. The van der Waals surface area contributed by atoms with Gasteiger partial charge in [-0.15, -0.1) is 0 Å². The molecule has 0 amide bonds. The molecular weight excluding hydrogens is 330 g/mol. The molecule has 0 saturated carbocycles. The van der Waals surface area contributed by atoms with Crippen LogP contribution in [-0.2, 0) is 4.74 Å². The molecule has 2 aliphatic rings. The minimum absolute atomic E-state index is 0.0217. The summed E-state index contributed by atoms with van der Waals surface area (Å²) in [6, 6.07) is 14.5. The van der Waals surface area contributed by atoms with Crippen molar-refractivity contribution in [3.8, 4) is 17.2 Å². The van der Waals surface area contributed by atoms with E-state index in [1.807, 2.05) is 12.1 Å². The summed E-state index contributed by atoms with van der Waals surface area (Å²) in [6.07, 6.45) is 0.910. The zero-order chi connectivity index (χ0) is 17.9. The Kier molecular flexibility index (Phi) is 5.00. The highest BCUT2D eigenvalue weighted by Crippen LogP contribution is 2.47. The van der Waals surface area contributed by atoms with E-state index >= 15 is 0 Å². The number of ether oxygens (including phenoxy) is 4. The van der Waals surface area contributed by atoms with Crippen LogP contribution in [0.3, 0.4) is 0 Å². The quantitative estimate of drug-likeness (QED) is 0.842. The fourth-order valence-corrected chi connectivity index (χ4v) is 3.90. The SMILES string of the molecule is COc1cc(OC)c2c(c1)OC(N1CCOCC1)CC2c1ccccc1. The summed E-state index contributed by atoms with van der Waals surface area (Å²) in [4.78, 5) is 2.37. The molecule has 5 nitrogen and oxygen atoms in total. The fraction of sp³-hybridized carbons (Fsp3) is 0.429. The third kappa shape index (κ3) is 3.24. The Labute approximate surface area is 154 Å². The molecule has 0 N–H and O–H groups in total. The summed E-state index contributed by atoms with van der Waals surface area (Å²) in [5.41, 5.74) is 2.38. The standard InChI is InChI=1S/C21H25NO4/c1-23-16-12-18(24-2)21-17(15-6-4-3-5-7-15)14-20(26-19(21)13-16)22-8-10-25-11-9-22/h3-7,12-13,17,20H,8-11,14H2,1-2H3. The molecule has 2 heterocycles. The van der Waals surface area contributed by atoms with Gasteiger partial charge >= 0.3 is 0 Å². The minimum Gasteiger partial charge on any atom is -0.496 e. The lowest BCUT2D eigenvalue weighted by atomic mass is 9.84. The second kappa shape index (κ2) is 7.56. The van der Waals surface area contributed by atoms with Crippen molar-refractivity contribution >= 4 is 0 Å². The number of hydrogen-bond donors (Lipinski definition) is 0. The zero-order valence-electron chi connectivity index (χ0n) is 15.3. The van der Waals surface area contributed by atoms with Gasteiger partial charge in [0.05, 0.1) is 27.4 Å². The molecule has 0 radical (unpaired) electrons. The van der Waals surface area contributed by atoms with Crippen LogP contribution in [-0.4, -0.2) is 51.7 Å². The number of fused-ring (bicyclic) bond motifs is 1. The maximum absolute atomic E-state index is 6.42. The predicted octanol–water partition coefficient (Wildman–Crippen LogP) is 3.28. The normalized spacial score (nSPS) is 23.0. The molecule has 0 aromatic heterocycles. The predicted molar refractivity (Wildman–Crippen MR) is 99.3 cm³/mol. The van der Waals surface area contributed by atoms with Crippen LogP contribution in [0.5, 0.6) is 17.2 Å². The van der Waals surface area contributed by atoms with Crippen molar-refractivity contribution in [2.24, 2.45) is 0 Å². The van der Waals surface area contributed by atoms with Crippen LogP contribution >= 0.6 is 0 Å². The number of hydrogen-bond acceptors (Lipinski definition) is 5. The van der Waals surface area contributed by atoms with Crippen LogP contribution < -0.4 is 14.2 Å². The number of rotatable bonds is 4. The van der Waals surface area contributed by atoms with Gasteiger partial charge < -0.3 is 18.9 Å². The highest BCUT2D eigenvalue weighted by Gasteiger charge is 2.36. The van der Waals surface area contributed by atoms with Gasteiger partial charge in [-0.3, -0.25) is 4.90 Å². The van der Waals surface area contributed by atoms with E-state index < -0.39 is 0 Å². The highest BCUT2D eigenvalue weighted by molar-refractivity contribution is 5.56. The largest absolute Gasteiger partial charge is 0.496 e. The van der Waals surface area contributed by atoms with E-state index in [4.69, 9.17) is 18.9 Å². The molecule has 5 heteroatoms. The smallest absolute Gasteiger partial charge is 0.153 e. The molecule has 0 bridgehead atoms. The highest BCUT2D eigenvalue weighted by atomic mass is 16.5. The maximum Gasteiger partial charge on any atom is 0.153 e. The lowest BCUT2D eigenvalue weighted by molar-refractivity contribution is -0.0560. The van der Waals surface area contributed by atoms with Gasteiger partial charge in [-0.05, 0) is 5.56 Å². The van der Waals surface area contributed by atoms with Crippen molar-refractivity contribution in [2.75, 3.05) is 40.5 Å². The average Bonchev–Trinajstić information content (AvgIpc) is 2.73. The van der Waals surface area contributed by atoms with Crippen molar-refractivity contribution in [1.29, 1.82) is 0 Å². The Hall–Kier alpha value is -2.24.